The fourth-order valence-electron chi connectivity index (χ4n) is 2.29. The van der Waals surface area contributed by atoms with Gasteiger partial charge in [0.2, 0.25) is 0 Å². The normalized spacial score (nSPS) is 19.3. The molecule has 0 saturated carbocycles. The minimum absolute atomic E-state index is 0.0180. The molecule has 1 aliphatic heterocycles. The van der Waals surface area contributed by atoms with Crippen molar-refractivity contribution < 1.29 is 9.90 Å². The van der Waals surface area contributed by atoms with Crippen LogP contribution in [-0.2, 0) is 0 Å². The Bertz CT molecular complexity index is 458. The molecule has 1 atom stereocenters. The topological polar surface area (TPSA) is 43.8 Å². The van der Waals surface area contributed by atoms with Crippen molar-refractivity contribution in [2.24, 2.45) is 0 Å². The van der Waals surface area contributed by atoms with Gasteiger partial charge in [-0.2, -0.15) is 0 Å². The second-order valence-electron chi connectivity index (χ2n) is 4.57. The number of hydrogen-bond acceptors (Lipinski definition) is 3. The summed E-state index contributed by atoms with van der Waals surface area (Å²) in [7, 11) is 0. The van der Waals surface area contributed by atoms with Gasteiger partial charge in [-0.1, -0.05) is 36.5 Å². The van der Waals surface area contributed by atoms with Gasteiger partial charge in [-0.3, -0.25) is 0 Å². The Kier molecular flexibility index (Phi) is 4.96. The number of anilines is 1. The highest BCUT2D eigenvalue weighted by Crippen LogP contribution is 2.29. The molecule has 1 aliphatic rings. The molecule has 2 rings (SSSR count). The standard InChI is InChI=1S/C13H17ClN2O2S/c14-11-6-1-2-7-12(11)16(19)13(18)15-8-4-3-5-10(15)9-17/h1-2,6-7,10,17,19H,3-5,8-9H2. The molecule has 19 heavy (non-hydrogen) atoms. The fourth-order valence-corrected chi connectivity index (χ4v) is 2.86. The van der Waals surface area contributed by atoms with Crippen molar-refractivity contribution >= 4 is 36.1 Å². The highest BCUT2D eigenvalue weighted by molar-refractivity contribution is 7.82. The summed E-state index contributed by atoms with van der Waals surface area (Å²) in [5, 5.41) is 9.83. The van der Waals surface area contributed by atoms with E-state index >= 15 is 0 Å². The van der Waals surface area contributed by atoms with E-state index in [9.17, 15) is 9.90 Å². The highest BCUT2D eigenvalue weighted by atomic mass is 35.5. The van der Waals surface area contributed by atoms with Crippen LogP contribution < -0.4 is 4.31 Å². The maximum Gasteiger partial charge on any atom is 0.334 e. The summed E-state index contributed by atoms with van der Waals surface area (Å²) < 4.78 is 1.25. The van der Waals surface area contributed by atoms with Gasteiger partial charge < -0.3 is 10.0 Å². The van der Waals surface area contributed by atoms with Crippen molar-refractivity contribution in [3.8, 4) is 0 Å². The average molecular weight is 301 g/mol. The number of aliphatic hydroxyl groups excluding tert-OH is 1. The third-order valence-corrected chi connectivity index (χ3v) is 4.05. The number of nitrogens with zero attached hydrogens (tertiary/aromatic N) is 2. The van der Waals surface area contributed by atoms with E-state index in [0.717, 1.165) is 19.3 Å². The van der Waals surface area contributed by atoms with Crippen LogP contribution in [0.1, 0.15) is 19.3 Å². The number of amides is 2. The molecule has 1 unspecified atom stereocenters. The number of carbonyl (C=O) groups excluding carboxylic acids is 1. The number of aliphatic hydroxyl groups is 1. The van der Waals surface area contributed by atoms with Gasteiger partial charge in [-0.25, -0.2) is 9.10 Å². The Morgan fingerprint density at radius 2 is 2.21 bits per heavy atom. The summed E-state index contributed by atoms with van der Waals surface area (Å²) in [5.41, 5.74) is 0.555. The van der Waals surface area contributed by atoms with E-state index in [2.05, 4.69) is 12.8 Å². The number of hydrogen-bond donors (Lipinski definition) is 2. The number of urea groups is 1. The molecule has 1 aromatic carbocycles. The lowest BCUT2D eigenvalue weighted by molar-refractivity contribution is 0.114. The van der Waals surface area contributed by atoms with Gasteiger partial charge in [0.05, 0.1) is 23.4 Å². The Balaban J connectivity index is 2.16. The van der Waals surface area contributed by atoms with Crippen molar-refractivity contribution in [1.82, 2.24) is 4.90 Å². The fraction of sp³-hybridized carbons (Fsp3) is 0.462. The van der Waals surface area contributed by atoms with Crippen LogP contribution in [0.5, 0.6) is 0 Å². The first-order chi connectivity index (χ1) is 9.15. The van der Waals surface area contributed by atoms with Crippen LogP contribution in [0, 0.1) is 0 Å². The van der Waals surface area contributed by atoms with E-state index in [1.54, 1.807) is 29.2 Å². The summed E-state index contributed by atoms with van der Waals surface area (Å²) in [6, 6.07) is 6.69. The van der Waals surface area contributed by atoms with E-state index in [0.29, 0.717) is 17.3 Å². The van der Waals surface area contributed by atoms with Crippen LogP contribution >= 0.6 is 24.4 Å². The number of thiol groups is 1. The van der Waals surface area contributed by atoms with Crippen molar-refractivity contribution in [3.05, 3.63) is 29.3 Å². The van der Waals surface area contributed by atoms with Crippen LogP contribution in [-0.4, -0.2) is 35.2 Å². The molecule has 0 spiro atoms. The van der Waals surface area contributed by atoms with Crippen molar-refractivity contribution in [3.63, 3.8) is 0 Å². The average Bonchev–Trinajstić information content (AvgIpc) is 2.46. The van der Waals surface area contributed by atoms with Gasteiger partial charge in [0.15, 0.2) is 0 Å². The Morgan fingerprint density at radius 3 is 2.89 bits per heavy atom. The molecule has 2 amide bonds. The molecule has 0 radical (unpaired) electrons. The molecular formula is C13H17ClN2O2S. The summed E-state index contributed by atoms with van der Waals surface area (Å²) >= 11 is 10.3. The molecular weight excluding hydrogens is 284 g/mol. The zero-order chi connectivity index (χ0) is 13.8. The van der Waals surface area contributed by atoms with E-state index in [1.165, 1.54) is 4.31 Å². The molecule has 1 heterocycles. The smallest absolute Gasteiger partial charge is 0.334 e. The number of piperidine rings is 1. The van der Waals surface area contributed by atoms with Gasteiger partial charge in [-0.05, 0) is 31.4 Å². The van der Waals surface area contributed by atoms with Gasteiger partial charge in [0.1, 0.15) is 0 Å². The molecule has 0 aromatic heterocycles. The lowest BCUT2D eigenvalue weighted by Crippen LogP contribution is -2.49. The van der Waals surface area contributed by atoms with Crippen LogP contribution in [0.4, 0.5) is 10.5 Å². The largest absolute Gasteiger partial charge is 0.394 e. The number of likely N-dealkylation sites (tertiary alicyclic amines) is 1. The number of benzene rings is 1. The van der Waals surface area contributed by atoms with Crippen molar-refractivity contribution in [1.29, 1.82) is 0 Å². The molecule has 1 saturated heterocycles. The van der Waals surface area contributed by atoms with Crippen molar-refractivity contribution in [2.45, 2.75) is 25.3 Å². The molecule has 4 nitrogen and oxygen atoms in total. The molecule has 1 aromatic rings. The van der Waals surface area contributed by atoms with Gasteiger partial charge in [0.25, 0.3) is 0 Å². The van der Waals surface area contributed by atoms with Gasteiger partial charge in [-0.15, -0.1) is 0 Å². The molecule has 1 N–H and O–H groups in total. The third kappa shape index (κ3) is 3.16. The first kappa shape index (κ1) is 14.5. The number of carbonyl (C=O) groups is 1. The Hall–Kier alpha value is -0.910. The lowest BCUT2D eigenvalue weighted by atomic mass is 10.0. The van der Waals surface area contributed by atoms with Gasteiger partial charge >= 0.3 is 6.03 Å². The van der Waals surface area contributed by atoms with E-state index in [-0.39, 0.29) is 18.7 Å². The highest BCUT2D eigenvalue weighted by Gasteiger charge is 2.29. The summed E-state index contributed by atoms with van der Waals surface area (Å²) in [6.07, 6.45) is 2.81. The predicted molar refractivity (Wildman–Crippen MR) is 79.7 cm³/mol. The predicted octanol–water partition coefficient (Wildman–Crippen LogP) is 2.96. The zero-order valence-electron chi connectivity index (χ0n) is 10.5. The third-order valence-electron chi connectivity index (χ3n) is 3.35. The van der Waals surface area contributed by atoms with E-state index < -0.39 is 0 Å². The quantitative estimate of drug-likeness (QED) is 0.825. The second-order valence-corrected chi connectivity index (χ2v) is 5.38. The maximum atomic E-state index is 12.4. The van der Waals surface area contributed by atoms with Crippen LogP contribution in [0.15, 0.2) is 24.3 Å². The number of para-hydroxylation sites is 1. The second kappa shape index (κ2) is 6.50. The zero-order valence-corrected chi connectivity index (χ0v) is 12.1. The van der Waals surface area contributed by atoms with E-state index in [4.69, 9.17) is 11.6 Å². The minimum atomic E-state index is -0.241. The molecule has 6 heteroatoms. The van der Waals surface area contributed by atoms with E-state index in [1.807, 2.05) is 0 Å². The summed E-state index contributed by atoms with van der Waals surface area (Å²) in [6.45, 7) is 0.626. The first-order valence-electron chi connectivity index (χ1n) is 6.30. The van der Waals surface area contributed by atoms with Crippen molar-refractivity contribution in [2.75, 3.05) is 17.5 Å². The molecule has 0 bridgehead atoms. The summed E-state index contributed by atoms with van der Waals surface area (Å²) in [4.78, 5) is 14.1. The number of rotatable bonds is 2. The lowest BCUT2D eigenvalue weighted by Gasteiger charge is -2.36. The number of halogens is 1. The first-order valence-corrected chi connectivity index (χ1v) is 7.08. The monoisotopic (exact) mass is 300 g/mol. The summed E-state index contributed by atoms with van der Waals surface area (Å²) in [5.74, 6) is 0. The Morgan fingerprint density at radius 1 is 1.47 bits per heavy atom. The molecule has 104 valence electrons. The Labute approximate surface area is 123 Å². The molecule has 0 aliphatic carbocycles. The molecule has 1 fully saturated rings. The van der Waals surface area contributed by atoms with Crippen LogP contribution in [0.25, 0.3) is 0 Å². The van der Waals surface area contributed by atoms with Crippen LogP contribution in [0.2, 0.25) is 5.02 Å². The minimum Gasteiger partial charge on any atom is -0.394 e. The van der Waals surface area contributed by atoms with Gasteiger partial charge in [0, 0.05) is 6.54 Å². The van der Waals surface area contributed by atoms with Crippen LogP contribution in [0.3, 0.4) is 0 Å². The SMILES string of the molecule is O=C(N(S)c1ccccc1Cl)N1CCCCC1CO. The maximum absolute atomic E-state index is 12.4.